The Hall–Kier alpha value is -6.40. The van der Waals surface area contributed by atoms with Crippen molar-refractivity contribution < 1.29 is 58.2 Å². The maximum Gasteiger partial charge on any atom is 0.327 e. The van der Waals surface area contributed by atoms with Crippen LogP contribution in [0.2, 0.25) is 0 Å². The molecule has 0 saturated carbocycles. The van der Waals surface area contributed by atoms with Gasteiger partial charge in [0, 0.05) is 25.0 Å². The second-order valence-corrected chi connectivity index (χ2v) is 18.7. The number of carboxylic acids is 1. The third kappa shape index (κ3) is 21.6. The van der Waals surface area contributed by atoms with Gasteiger partial charge in [0.1, 0.15) is 48.0 Å². The van der Waals surface area contributed by atoms with Gasteiger partial charge >= 0.3 is 5.97 Å². The molecule has 0 unspecified atom stereocenters. The molecule has 24 heteroatoms. The summed E-state index contributed by atoms with van der Waals surface area (Å²) in [5.41, 5.74) is 18.2. The zero-order valence-corrected chi connectivity index (χ0v) is 42.3. The van der Waals surface area contributed by atoms with E-state index in [-0.39, 0.29) is 56.4 Å². The van der Waals surface area contributed by atoms with Crippen LogP contribution >= 0.6 is 24.4 Å². The van der Waals surface area contributed by atoms with E-state index in [1.54, 1.807) is 64.3 Å². The molecule has 0 aliphatic rings. The van der Waals surface area contributed by atoms with Gasteiger partial charge in [-0.2, -0.15) is 24.4 Å². The average Bonchev–Trinajstić information content (AvgIpc) is 3.32. The SMILES string of the molecule is CC[C@H](C)[C@H](NC(=O)[C@H](CCC(N)=O)NC(=O)[C@H](CCSC)NC(=O)[C@H](CCC(N)=O)NC(=O)[C@@H](N)Cc1ccccc1)C(=O)N[C@H](C(=O)N[C@@H](Cc1ccc(O)cc1)C(=O)N[C@@H](CS)C(=O)O)C(C)C. The molecule has 0 aromatic heterocycles. The largest absolute Gasteiger partial charge is 0.508 e. The van der Waals surface area contributed by atoms with Gasteiger partial charge in [-0.15, -0.1) is 0 Å². The number of nitrogens with one attached hydrogen (secondary N) is 7. The molecule has 15 N–H and O–H groups in total. The molecule has 2 rings (SSSR count). The van der Waals surface area contributed by atoms with Crippen LogP contribution in [-0.2, 0) is 60.8 Å². The molecule has 0 bridgehead atoms. The van der Waals surface area contributed by atoms with Gasteiger partial charge in [0.25, 0.3) is 0 Å². The number of aromatic hydroxyl groups is 1. The number of phenols is 1. The van der Waals surface area contributed by atoms with Gasteiger partial charge in [-0.1, -0.05) is 76.6 Å². The predicted molar refractivity (Wildman–Crippen MR) is 269 cm³/mol. The van der Waals surface area contributed by atoms with Crippen LogP contribution in [0, 0.1) is 11.8 Å². The summed E-state index contributed by atoms with van der Waals surface area (Å²) in [6, 6.07) is 3.97. The minimum Gasteiger partial charge on any atom is -0.508 e. The first-order valence-corrected chi connectivity index (χ1v) is 25.1. The number of amides is 9. The summed E-state index contributed by atoms with van der Waals surface area (Å²) in [6.07, 6.45) is 0.841. The van der Waals surface area contributed by atoms with E-state index < -0.39 is 119 Å². The van der Waals surface area contributed by atoms with Gasteiger partial charge in [0.2, 0.25) is 53.2 Å². The van der Waals surface area contributed by atoms with E-state index in [0.29, 0.717) is 17.7 Å². The topological polar surface area (TPSA) is 373 Å². The van der Waals surface area contributed by atoms with Crippen molar-refractivity contribution in [3.63, 3.8) is 0 Å². The number of phenolic OH excluding ortho intramolecular Hbond substituents is 1. The molecule has 71 heavy (non-hydrogen) atoms. The molecule has 0 spiro atoms. The summed E-state index contributed by atoms with van der Waals surface area (Å²) >= 11 is 5.34. The summed E-state index contributed by atoms with van der Waals surface area (Å²) in [7, 11) is 0. The number of carbonyl (C=O) groups excluding carboxylic acids is 9. The Bertz CT molecular complexity index is 2140. The minimum atomic E-state index is -1.50. The highest BCUT2D eigenvalue weighted by molar-refractivity contribution is 7.98. The molecule has 9 amide bonds. The van der Waals surface area contributed by atoms with Crippen molar-refractivity contribution in [3.05, 3.63) is 65.7 Å². The molecule has 0 aliphatic heterocycles. The van der Waals surface area contributed by atoms with Gasteiger partial charge in [-0.05, 0) is 72.8 Å². The van der Waals surface area contributed by atoms with Gasteiger partial charge in [0.15, 0.2) is 0 Å². The molecule has 2 aromatic carbocycles. The number of carboxylic acid groups (broad SMARTS) is 1. The second-order valence-electron chi connectivity index (χ2n) is 17.4. The second kappa shape index (κ2) is 31.0. The van der Waals surface area contributed by atoms with E-state index in [1.807, 2.05) is 0 Å². The van der Waals surface area contributed by atoms with E-state index in [1.165, 1.54) is 36.0 Å². The Balaban J connectivity index is 2.38. The number of thioether (sulfide) groups is 1. The number of primary amides is 2. The van der Waals surface area contributed by atoms with Crippen LogP contribution in [0.1, 0.15) is 77.3 Å². The lowest BCUT2D eigenvalue weighted by atomic mass is 9.95. The highest BCUT2D eigenvalue weighted by Crippen LogP contribution is 2.15. The van der Waals surface area contributed by atoms with Crippen molar-refractivity contribution in [2.45, 2.75) is 127 Å². The van der Waals surface area contributed by atoms with Crippen LogP contribution in [0.15, 0.2) is 54.6 Å². The summed E-state index contributed by atoms with van der Waals surface area (Å²) < 4.78 is 0. The van der Waals surface area contributed by atoms with E-state index >= 15 is 0 Å². The lowest BCUT2D eigenvalue weighted by Crippen LogP contribution is -2.62. The highest BCUT2D eigenvalue weighted by atomic mass is 32.2. The van der Waals surface area contributed by atoms with Crippen molar-refractivity contribution in [3.8, 4) is 5.75 Å². The molecule has 22 nitrogen and oxygen atoms in total. The van der Waals surface area contributed by atoms with E-state index in [9.17, 15) is 58.2 Å². The monoisotopic (exact) mass is 1030 g/mol. The summed E-state index contributed by atoms with van der Waals surface area (Å²) in [5.74, 6) is -9.96. The lowest BCUT2D eigenvalue weighted by molar-refractivity contribution is -0.141. The normalized spacial score (nSPS) is 14.9. The van der Waals surface area contributed by atoms with Gasteiger partial charge < -0.3 is 64.6 Å². The van der Waals surface area contributed by atoms with Crippen molar-refractivity contribution in [1.29, 1.82) is 0 Å². The first-order chi connectivity index (χ1) is 33.5. The van der Waals surface area contributed by atoms with E-state index in [0.717, 1.165) is 5.56 Å². The maximum absolute atomic E-state index is 14.2. The van der Waals surface area contributed by atoms with Crippen molar-refractivity contribution in [1.82, 2.24) is 37.2 Å². The minimum absolute atomic E-state index is 0.0241. The number of nitrogens with two attached hydrogens (primary N) is 3. The Morgan fingerprint density at radius 1 is 0.577 bits per heavy atom. The first kappa shape index (κ1) is 60.7. The molecule has 0 fully saturated rings. The molecule has 0 aliphatic carbocycles. The summed E-state index contributed by atoms with van der Waals surface area (Å²) in [5, 5.41) is 37.3. The van der Waals surface area contributed by atoms with Crippen molar-refractivity contribution in [2.24, 2.45) is 29.0 Å². The fourth-order valence-corrected chi connectivity index (χ4v) is 7.65. The number of aliphatic carboxylic acids is 1. The zero-order valence-electron chi connectivity index (χ0n) is 40.6. The molecular formula is C47H70N10O12S2. The zero-order chi connectivity index (χ0) is 53.4. The van der Waals surface area contributed by atoms with E-state index in [2.05, 4.69) is 49.8 Å². The van der Waals surface area contributed by atoms with E-state index in [4.69, 9.17) is 17.2 Å². The van der Waals surface area contributed by atoms with Crippen LogP contribution in [0.5, 0.6) is 5.75 Å². The molecule has 392 valence electrons. The molecule has 0 heterocycles. The van der Waals surface area contributed by atoms with Crippen LogP contribution in [-0.4, -0.2) is 135 Å². The number of rotatable bonds is 32. The molecule has 9 atom stereocenters. The first-order valence-electron chi connectivity index (χ1n) is 23.1. The van der Waals surface area contributed by atoms with Crippen LogP contribution in [0.25, 0.3) is 0 Å². The quantitative estimate of drug-likeness (QED) is 0.0387. The lowest BCUT2D eigenvalue weighted by Gasteiger charge is -2.30. The summed E-state index contributed by atoms with van der Waals surface area (Å²) in [4.78, 5) is 132. The Kier molecular flexibility index (Phi) is 26.6. The van der Waals surface area contributed by atoms with Crippen molar-refractivity contribution in [2.75, 3.05) is 17.8 Å². The van der Waals surface area contributed by atoms with Gasteiger partial charge in [-0.25, -0.2) is 4.79 Å². The van der Waals surface area contributed by atoms with Crippen LogP contribution in [0.3, 0.4) is 0 Å². The Morgan fingerprint density at radius 3 is 1.49 bits per heavy atom. The third-order valence-electron chi connectivity index (χ3n) is 11.4. The molecule has 0 radical (unpaired) electrons. The smallest absolute Gasteiger partial charge is 0.327 e. The number of benzene rings is 2. The van der Waals surface area contributed by atoms with Gasteiger partial charge in [0.05, 0.1) is 6.04 Å². The molecule has 0 saturated heterocycles. The fourth-order valence-electron chi connectivity index (χ4n) is 6.93. The predicted octanol–water partition coefficient (Wildman–Crippen LogP) is -1.10. The highest BCUT2D eigenvalue weighted by Gasteiger charge is 2.36. The maximum atomic E-state index is 14.2. The van der Waals surface area contributed by atoms with Gasteiger partial charge in [-0.3, -0.25) is 43.2 Å². The van der Waals surface area contributed by atoms with Crippen LogP contribution in [0.4, 0.5) is 0 Å². The van der Waals surface area contributed by atoms with Crippen molar-refractivity contribution >= 4 is 83.5 Å². The standard InChI is InChI=1S/C47H70N10O12S2/c1-6-26(4)39(46(67)56-38(25(2)3)45(66)54-34(23-28-12-14-29(58)15-13-28)44(65)55-35(24-70)47(68)69)57-43(64)32(17-19-37(50)60)52-42(63)33(20-21-71-5)53-41(62)31(16-18-36(49)59)51-40(61)30(48)22-27-10-8-7-9-11-27/h7-15,25-26,30-35,38-39,58,70H,6,16-24,48H2,1-5H3,(H2,49,59)(H2,50,60)(H,51,61)(H,52,63)(H,53,62)(H,54,66)(H,55,65)(H,56,67)(H,57,64)(H,68,69)/t26-,30-,31-,32-,33-,34-,35-,38-,39-/m0/s1. The van der Waals surface area contributed by atoms with Crippen LogP contribution < -0.4 is 54.4 Å². The number of carbonyl (C=O) groups is 10. The Labute approximate surface area is 423 Å². The number of thiol groups is 1. The number of hydrogen-bond acceptors (Lipinski definition) is 14. The average molecular weight is 1030 g/mol. The fraction of sp³-hybridized carbons (Fsp3) is 0.532. The summed E-state index contributed by atoms with van der Waals surface area (Å²) in [6.45, 7) is 6.63. The molecule has 2 aromatic rings. The molecular weight excluding hydrogens is 961 g/mol. The third-order valence-corrected chi connectivity index (χ3v) is 12.4. The Morgan fingerprint density at radius 2 is 1.01 bits per heavy atom. The number of hydrogen-bond donors (Lipinski definition) is 13.